The van der Waals surface area contributed by atoms with Gasteiger partial charge in [0.1, 0.15) is 0 Å². The number of H-pyrrole nitrogens is 1. The van der Waals surface area contributed by atoms with E-state index in [2.05, 4.69) is 41.4 Å². The normalized spacial score (nSPS) is 18.6. The largest absolute Gasteiger partial charge is 0.358 e. The molecule has 1 aromatic carbocycles. The topological polar surface area (TPSA) is 15.8 Å². The number of hydrogen-bond donors (Lipinski definition) is 1. The van der Waals surface area contributed by atoms with Crippen molar-refractivity contribution >= 4 is 17.2 Å². The van der Waals surface area contributed by atoms with E-state index >= 15 is 0 Å². The molecule has 3 aliphatic rings. The van der Waals surface area contributed by atoms with Crippen LogP contribution in [0.2, 0.25) is 0 Å². The molecular formula is C19H17N. The summed E-state index contributed by atoms with van der Waals surface area (Å²) in [6, 6.07) is 8.93. The van der Waals surface area contributed by atoms with Gasteiger partial charge < -0.3 is 4.98 Å². The first kappa shape index (κ1) is 10.7. The molecule has 0 saturated carbocycles. The molecule has 0 radical (unpaired) electrons. The second-order valence-electron chi connectivity index (χ2n) is 6.10. The lowest BCUT2D eigenvalue weighted by Crippen LogP contribution is -2.01. The van der Waals surface area contributed by atoms with E-state index in [1.165, 1.54) is 53.8 Å². The highest BCUT2D eigenvalue weighted by Crippen LogP contribution is 2.46. The summed E-state index contributed by atoms with van der Waals surface area (Å²) >= 11 is 0. The van der Waals surface area contributed by atoms with E-state index in [1.807, 2.05) is 0 Å². The standard InChI is InChI=1S/C19H17N/c1-2-6-13-12(5-1)11-17-14(13)9-10-16-15-7-3-4-8-18(15)20-19(16)17/h1-3,5-7,20H,4,8-11H2. The number of benzene rings is 1. The third-order valence-electron chi connectivity index (χ3n) is 5.07. The quantitative estimate of drug-likeness (QED) is 0.722. The maximum atomic E-state index is 3.75. The molecule has 2 aromatic rings. The molecule has 0 bridgehead atoms. The van der Waals surface area contributed by atoms with Crippen molar-refractivity contribution in [1.82, 2.24) is 4.98 Å². The zero-order chi connectivity index (χ0) is 13.1. The van der Waals surface area contributed by atoms with Gasteiger partial charge in [-0.05, 0) is 59.1 Å². The van der Waals surface area contributed by atoms with Crippen LogP contribution in [0.25, 0.3) is 17.2 Å². The molecule has 0 spiro atoms. The van der Waals surface area contributed by atoms with Crippen LogP contribution in [0, 0.1) is 0 Å². The number of fused-ring (bicyclic) bond motifs is 6. The Balaban J connectivity index is 1.73. The third kappa shape index (κ3) is 1.28. The smallest absolute Gasteiger partial charge is 0.0460 e. The van der Waals surface area contributed by atoms with Gasteiger partial charge in [-0.1, -0.05) is 36.4 Å². The summed E-state index contributed by atoms with van der Waals surface area (Å²) in [4.78, 5) is 3.75. The van der Waals surface area contributed by atoms with Gasteiger partial charge in [0.15, 0.2) is 0 Å². The maximum absolute atomic E-state index is 3.75. The van der Waals surface area contributed by atoms with Crippen molar-refractivity contribution in [3.05, 3.63) is 64.0 Å². The van der Waals surface area contributed by atoms with Crippen LogP contribution >= 0.6 is 0 Å². The van der Waals surface area contributed by atoms with Crippen LogP contribution in [0.3, 0.4) is 0 Å². The van der Waals surface area contributed by atoms with Gasteiger partial charge in [-0.3, -0.25) is 0 Å². The van der Waals surface area contributed by atoms with E-state index in [0.29, 0.717) is 0 Å². The lowest BCUT2D eigenvalue weighted by molar-refractivity contribution is 0.942. The second kappa shape index (κ2) is 3.76. The molecule has 0 unspecified atom stereocenters. The molecule has 20 heavy (non-hydrogen) atoms. The minimum absolute atomic E-state index is 1.11. The van der Waals surface area contributed by atoms with Gasteiger partial charge in [-0.15, -0.1) is 0 Å². The summed E-state index contributed by atoms with van der Waals surface area (Å²) in [5.74, 6) is 0. The lowest BCUT2D eigenvalue weighted by atomic mass is 9.87. The molecule has 1 N–H and O–H groups in total. The maximum Gasteiger partial charge on any atom is 0.0460 e. The minimum Gasteiger partial charge on any atom is -0.358 e. The van der Waals surface area contributed by atoms with Crippen molar-refractivity contribution in [2.24, 2.45) is 0 Å². The molecule has 1 nitrogen and oxygen atoms in total. The Bertz CT molecular complexity index is 786. The summed E-state index contributed by atoms with van der Waals surface area (Å²) in [5, 5.41) is 0. The molecule has 0 atom stereocenters. The van der Waals surface area contributed by atoms with Gasteiger partial charge in [-0.25, -0.2) is 0 Å². The summed E-state index contributed by atoms with van der Waals surface area (Å²) < 4.78 is 0. The Kier molecular flexibility index (Phi) is 2.01. The fraction of sp³-hybridized carbons (Fsp3) is 0.263. The van der Waals surface area contributed by atoms with E-state index in [9.17, 15) is 0 Å². The van der Waals surface area contributed by atoms with Gasteiger partial charge in [0.25, 0.3) is 0 Å². The number of rotatable bonds is 0. The predicted molar refractivity (Wildman–Crippen MR) is 83.4 cm³/mol. The van der Waals surface area contributed by atoms with Crippen LogP contribution in [0.4, 0.5) is 0 Å². The van der Waals surface area contributed by atoms with Gasteiger partial charge in [0.05, 0.1) is 0 Å². The molecule has 0 saturated heterocycles. The molecule has 1 heterocycles. The first-order chi connectivity index (χ1) is 9.92. The number of hydrogen-bond acceptors (Lipinski definition) is 0. The first-order valence-corrected chi connectivity index (χ1v) is 7.63. The van der Waals surface area contributed by atoms with Crippen LogP contribution in [0.1, 0.15) is 46.5 Å². The van der Waals surface area contributed by atoms with Gasteiger partial charge in [0.2, 0.25) is 0 Å². The van der Waals surface area contributed by atoms with Crippen molar-refractivity contribution in [1.29, 1.82) is 0 Å². The molecule has 3 aliphatic carbocycles. The van der Waals surface area contributed by atoms with E-state index in [-0.39, 0.29) is 0 Å². The molecule has 0 fully saturated rings. The zero-order valence-electron chi connectivity index (χ0n) is 11.5. The van der Waals surface area contributed by atoms with Crippen molar-refractivity contribution < 1.29 is 0 Å². The van der Waals surface area contributed by atoms with Crippen molar-refractivity contribution in [3.8, 4) is 0 Å². The van der Waals surface area contributed by atoms with Crippen molar-refractivity contribution in [2.75, 3.05) is 0 Å². The SMILES string of the molecule is C1=Cc2c([nH]c3c2CCC2=C3Cc3ccccc32)CC1. The van der Waals surface area contributed by atoms with Crippen LogP contribution in [-0.2, 0) is 19.3 Å². The van der Waals surface area contributed by atoms with Crippen molar-refractivity contribution in [3.63, 3.8) is 0 Å². The molecular weight excluding hydrogens is 242 g/mol. The Labute approximate surface area is 119 Å². The van der Waals surface area contributed by atoms with Gasteiger partial charge in [-0.2, -0.15) is 0 Å². The molecule has 1 heteroatoms. The number of aromatic nitrogens is 1. The van der Waals surface area contributed by atoms with E-state index in [4.69, 9.17) is 0 Å². The number of nitrogens with one attached hydrogen (secondary N) is 1. The average molecular weight is 259 g/mol. The monoisotopic (exact) mass is 259 g/mol. The van der Waals surface area contributed by atoms with E-state index < -0.39 is 0 Å². The van der Waals surface area contributed by atoms with E-state index in [0.717, 1.165) is 6.42 Å². The fourth-order valence-corrected chi connectivity index (χ4v) is 4.16. The van der Waals surface area contributed by atoms with Gasteiger partial charge in [0, 0.05) is 17.8 Å². The van der Waals surface area contributed by atoms with Crippen LogP contribution < -0.4 is 0 Å². The van der Waals surface area contributed by atoms with Crippen LogP contribution in [0.15, 0.2) is 30.3 Å². The molecule has 5 rings (SSSR count). The highest BCUT2D eigenvalue weighted by molar-refractivity contribution is 5.99. The average Bonchev–Trinajstić information content (AvgIpc) is 3.05. The molecule has 1 aromatic heterocycles. The van der Waals surface area contributed by atoms with E-state index in [1.54, 1.807) is 16.7 Å². The highest BCUT2D eigenvalue weighted by Gasteiger charge is 2.30. The zero-order valence-corrected chi connectivity index (χ0v) is 11.5. The summed E-state index contributed by atoms with van der Waals surface area (Å²) in [6.07, 6.45) is 10.5. The first-order valence-electron chi connectivity index (χ1n) is 7.63. The van der Waals surface area contributed by atoms with Gasteiger partial charge >= 0.3 is 0 Å². The highest BCUT2D eigenvalue weighted by atomic mass is 14.8. The Morgan fingerprint density at radius 1 is 0.950 bits per heavy atom. The Hall–Kier alpha value is -2.02. The lowest BCUT2D eigenvalue weighted by Gasteiger charge is -2.16. The number of aromatic amines is 1. The second-order valence-corrected chi connectivity index (χ2v) is 6.10. The molecule has 98 valence electrons. The Morgan fingerprint density at radius 2 is 1.90 bits per heavy atom. The number of aryl methyl sites for hydroxylation is 1. The van der Waals surface area contributed by atoms with Crippen LogP contribution in [-0.4, -0.2) is 4.98 Å². The fourth-order valence-electron chi connectivity index (χ4n) is 4.16. The predicted octanol–water partition coefficient (Wildman–Crippen LogP) is 4.39. The summed E-state index contributed by atoms with van der Waals surface area (Å²) in [7, 11) is 0. The van der Waals surface area contributed by atoms with Crippen molar-refractivity contribution in [2.45, 2.75) is 32.1 Å². The summed E-state index contributed by atoms with van der Waals surface area (Å²) in [5.41, 5.74) is 12.1. The Morgan fingerprint density at radius 3 is 2.90 bits per heavy atom. The minimum atomic E-state index is 1.11. The number of allylic oxidation sites excluding steroid dienone is 3. The molecule has 0 aliphatic heterocycles. The molecule has 0 amide bonds. The van der Waals surface area contributed by atoms with Crippen LogP contribution in [0.5, 0.6) is 0 Å². The summed E-state index contributed by atoms with van der Waals surface area (Å²) in [6.45, 7) is 0. The third-order valence-corrected chi connectivity index (χ3v) is 5.07.